The van der Waals surface area contributed by atoms with Crippen LogP contribution in [0.5, 0.6) is 5.88 Å². The second kappa shape index (κ2) is 4.33. The van der Waals surface area contributed by atoms with Gasteiger partial charge >= 0.3 is 0 Å². The number of ether oxygens (including phenoxy) is 1. The number of hydrogen-bond donors (Lipinski definition) is 2. The lowest BCUT2D eigenvalue weighted by atomic mass is 9.96. The molecule has 0 radical (unpaired) electrons. The van der Waals surface area contributed by atoms with Crippen molar-refractivity contribution in [3.05, 3.63) is 40.1 Å². The molecule has 0 unspecified atom stereocenters. The molecule has 0 amide bonds. The molecule has 2 heterocycles. The Morgan fingerprint density at radius 3 is 2.85 bits per heavy atom. The number of pyridine rings is 1. The molecule has 5 heteroatoms. The number of aromatic nitrogens is 1. The van der Waals surface area contributed by atoms with Crippen molar-refractivity contribution < 1.29 is 14.9 Å². The van der Waals surface area contributed by atoms with Gasteiger partial charge in [0.1, 0.15) is 11.7 Å². The van der Waals surface area contributed by atoms with Crippen molar-refractivity contribution in [2.45, 2.75) is 25.0 Å². The molecule has 1 aromatic heterocycles. The fourth-order valence-electron chi connectivity index (χ4n) is 2.67. The number of fused-ring (bicyclic) bond motifs is 2. The summed E-state index contributed by atoms with van der Waals surface area (Å²) in [6.45, 7) is 1.09. The minimum atomic E-state index is -1.37. The van der Waals surface area contributed by atoms with Crippen LogP contribution in [-0.2, 0) is 13.5 Å². The normalized spacial score (nSPS) is 20.5. The number of aliphatic hydroxyl groups is 2. The van der Waals surface area contributed by atoms with Crippen LogP contribution in [0.1, 0.15) is 12.5 Å². The van der Waals surface area contributed by atoms with Crippen LogP contribution >= 0.6 is 0 Å². The lowest BCUT2D eigenvalue weighted by Crippen LogP contribution is -2.45. The van der Waals surface area contributed by atoms with Crippen molar-refractivity contribution in [2.75, 3.05) is 6.61 Å². The van der Waals surface area contributed by atoms with E-state index in [1.807, 2.05) is 29.8 Å². The molecule has 1 aromatic carbocycles. The Labute approximate surface area is 116 Å². The molecule has 2 atom stereocenters. The maximum atomic E-state index is 12.5. The summed E-state index contributed by atoms with van der Waals surface area (Å²) in [7, 11) is 1.83. The lowest BCUT2D eigenvalue weighted by molar-refractivity contribution is -0.0744. The molecule has 20 heavy (non-hydrogen) atoms. The summed E-state index contributed by atoms with van der Waals surface area (Å²) in [4.78, 5) is 12.5. The number of nitrogens with zero attached hydrogens (tertiary/aromatic N) is 1. The van der Waals surface area contributed by atoms with Gasteiger partial charge in [0.15, 0.2) is 5.43 Å². The summed E-state index contributed by atoms with van der Waals surface area (Å²) in [6.07, 6.45) is -0.307. The topological polar surface area (TPSA) is 71.7 Å². The fourth-order valence-corrected chi connectivity index (χ4v) is 2.67. The minimum absolute atomic E-state index is 0.0649. The van der Waals surface area contributed by atoms with Crippen molar-refractivity contribution in [3.63, 3.8) is 0 Å². The molecule has 1 aliphatic heterocycles. The van der Waals surface area contributed by atoms with Crippen LogP contribution in [0.2, 0.25) is 0 Å². The van der Waals surface area contributed by atoms with E-state index in [1.54, 1.807) is 6.07 Å². The average molecular weight is 275 g/mol. The van der Waals surface area contributed by atoms with Gasteiger partial charge < -0.3 is 19.5 Å². The highest BCUT2D eigenvalue weighted by atomic mass is 16.5. The number of hydrogen-bond acceptors (Lipinski definition) is 4. The molecule has 106 valence electrons. The SMILES string of the molecule is Cn1c2c(c(=O)c3ccccc31)C[C@H]([C@@](C)(O)CO)O2. The van der Waals surface area contributed by atoms with Crippen LogP contribution in [0.4, 0.5) is 0 Å². The predicted molar refractivity (Wildman–Crippen MR) is 75.0 cm³/mol. The maximum absolute atomic E-state index is 12.5. The van der Waals surface area contributed by atoms with Gasteiger partial charge in [-0.2, -0.15) is 0 Å². The number of benzene rings is 1. The third-order valence-corrected chi connectivity index (χ3v) is 4.00. The molecule has 0 saturated heterocycles. The van der Waals surface area contributed by atoms with Crippen LogP contribution in [0.3, 0.4) is 0 Å². The van der Waals surface area contributed by atoms with Crippen LogP contribution in [0.15, 0.2) is 29.1 Å². The highest BCUT2D eigenvalue weighted by Gasteiger charge is 2.40. The van der Waals surface area contributed by atoms with E-state index in [0.29, 0.717) is 23.3 Å². The highest BCUT2D eigenvalue weighted by molar-refractivity contribution is 5.81. The fraction of sp³-hybridized carbons (Fsp3) is 0.400. The van der Waals surface area contributed by atoms with Crippen LogP contribution in [0, 0.1) is 0 Å². The Kier molecular flexibility index (Phi) is 2.84. The molecule has 5 nitrogen and oxygen atoms in total. The van der Waals surface area contributed by atoms with E-state index < -0.39 is 18.3 Å². The average Bonchev–Trinajstić information content (AvgIpc) is 2.91. The smallest absolute Gasteiger partial charge is 0.201 e. The molecular formula is C15H17NO4. The van der Waals surface area contributed by atoms with E-state index >= 15 is 0 Å². The second-order valence-electron chi connectivity index (χ2n) is 5.51. The van der Waals surface area contributed by atoms with Gasteiger partial charge in [0.2, 0.25) is 5.88 Å². The Balaban J connectivity index is 2.20. The van der Waals surface area contributed by atoms with E-state index in [9.17, 15) is 15.0 Å². The summed E-state index contributed by atoms with van der Waals surface area (Å²) in [5, 5.41) is 20.0. The molecule has 0 spiro atoms. The van der Waals surface area contributed by atoms with Gasteiger partial charge in [-0.25, -0.2) is 0 Å². The third kappa shape index (κ3) is 1.74. The molecule has 0 aliphatic carbocycles. The zero-order chi connectivity index (χ0) is 14.5. The van der Waals surface area contributed by atoms with Crippen LogP contribution in [-0.4, -0.2) is 33.1 Å². The number of aliphatic hydroxyl groups excluding tert-OH is 1. The van der Waals surface area contributed by atoms with Gasteiger partial charge in [-0.1, -0.05) is 12.1 Å². The lowest BCUT2D eigenvalue weighted by Gasteiger charge is -2.27. The maximum Gasteiger partial charge on any atom is 0.201 e. The number of rotatable bonds is 2. The Morgan fingerprint density at radius 2 is 2.15 bits per heavy atom. The molecule has 2 N–H and O–H groups in total. The zero-order valence-corrected chi connectivity index (χ0v) is 11.5. The van der Waals surface area contributed by atoms with Gasteiger partial charge in [-0.05, 0) is 19.1 Å². The summed E-state index contributed by atoms with van der Waals surface area (Å²) in [6, 6.07) is 7.34. The number of para-hydroxylation sites is 1. The molecule has 0 fully saturated rings. The first-order chi connectivity index (χ1) is 9.45. The summed E-state index contributed by atoms with van der Waals surface area (Å²) in [5.41, 5.74) is -0.0830. The van der Waals surface area contributed by atoms with Gasteiger partial charge in [0.25, 0.3) is 0 Å². The molecule has 3 rings (SSSR count). The van der Waals surface area contributed by atoms with E-state index in [1.165, 1.54) is 6.92 Å². The first-order valence-corrected chi connectivity index (χ1v) is 6.56. The van der Waals surface area contributed by atoms with E-state index in [0.717, 1.165) is 5.52 Å². The molecule has 2 aromatic rings. The third-order valence-electron chi connectivity index (χ3n) is 4.00. The van der Waals surface area contributed by atoms with Crippen molar-refractivity contribution in [1.82, 2.24) is 4.57 Å². The van der Waals surface area contributed by atoms with Crippen molar-refractivity contribution in [3.8, 4) is 5.88 Å². The second-order valence-corrected chi connectivity index (χ2v) is 5.51. The Bertz CT molecular complexity index is 732. The first kappa shape index (κ1) is 13.1. The molecular weight excluding hydrogens is 258 g/mol. The standard InChI is InChI=1S/C15H17NO4/c1-15(19,8-17)12-7-10-13(18)9-5-3-4-6-11(9)16(2)14(10)20-12/h3-6,12,17,19H,7-8H2,1-2H3/t12-,15+/m1/s1. The molecule has 0 saturated carbocycles. The summed E-state index contributed by atoms with van der Waals surface area (Å²) in [5.74, 6) is 0.479. The summed E-state index contributed by atoms with van der Waals surface area (Å²) < 4.78 is 7.55. The largest absolute Gasteiger partial charge is 0.472 e. The van der Waals surface area contributed by atoms with E-state index in [4.69, 9.17) is 4.74 Å². The molecule has 0 bridgehead atoms. The van der Waals surface area contributed by atoms with Gasteiger partial charge in [0.05, 0.1) is 17.7 Å². The van der Waals surface area contributed by atoms with Gasteiger partial charge in [0, 0.05) is 18.9 Å². The summed E-state index contributed by atoms with van der Waals surface area (Å²) >= 11 is 0. The first-order valence-electron chi connectivity index (χ1n) is 6.56. The monoisotopic (exact) mass is 275 g/mol. The van der Waals surface area contributed by atoms with Gasteiger partial charge in [-0.3, -0.25) is 4.79 Å². The van der Waals surface area contributed by atoms with E-state index in [-0.39, 0.29) is 5.43 Å². The van der Waals surface area contributed by atoms with Crippen LogP contribution < -0.4 is 10.2 Å². The molecule has 1 aliphatic rings. The van der Waals surface area contributed by atoms with E-state index in [2.05, 4.69) is 0 Å². The number of aryl methyl sites for hydroxylation is 1. The van der Waals surface area contributed by atoms with Gasteiger partial charge in [-0.15, -0.1) is 0 Å². The van der Waals surface area contributed by atoms with Crippen LogP contribution in [0.25, 0.3) is 10.9 Å². The minimum Gasteiger partial charge on any atom is -0.472 e. The highest BCUT2D eigenvalue weighted by Crippen LogP contribution is 2.32. The Hall–Kier alpha value is -1.85. The predicted octanol–water partition coefficient (Wildman–Crippen LogP) is 0.585. The van der Waals surface area contributed by atoms with Crippen molar-refractivity contribution >= 4 is 10.9 Å². The Morgan fingerprint density at radius 1 is 1.45 bits per heavy atom. The quantitative estimate of drug-likeness (QED) is 0.841. The van der Waals surface area contributed by atoms with Crippen molar-refractivity contribution in [1.29, 1.82) is 0 Å². The zero-order valence-electron chi connectivity index (χ0n) is 11.5. The van der Waals surface area contributed by atoms with Crippen molar-refractivity contribution in [2.24, 2.45) is 7.05 Å².